The van der Waals surface area contributed by atoms with E-state index in [9.17, 15) is 18.3 Å². The van der Waals surface area contributed by atoms with Gasteiger partial charge in [0.05, 0.1) is 16.9 Å². The number of piperidine rings is 1. The Morgan fingerprint density at radius 2 is 1.89 bits per heavy atom. The minimum absolute atomic E-state index is 0.0221. The average molecular weight is 395 g/mol. The Morgan fingerprint density at radius 1 is 1.26 bits per heavy atom. The number of nitrogens with zero attached hydrogens (tertiary/aromatic N) is 1. The number of hydrogen-bond acceptors (Lipinski definition) is 5. The molecule has 1 aliphatic rings. The molecule has 0 radical (unpaired) electrons. The predicted molar refractivity (Wildman–Crippen MR) is 99.7 cm³/mol. The lowest BCUT2D eigenvalue weighted by Gasteiger charge is -2.32. The van der Waals surface area contributed by atoms with Crippen molar-refractivity contribution in [3.63, 3.8) is 0 Å². The number of β-amino-alcohol motifs (C(OH)–C–C–N with tert-alkyl or cyclic N) is 1. The molecule has 0 aliphatic carbocycles. The number of carbonyl (C=O) groups is 1. The van der Waals surface area contributed by atoms with Crippen LogP contribution in [0.25, 0.3) is 0 Å². The number of aliphatic carboxylic acids is 1. The van der Waals surface area contributed by atoms with Crippen LogP contribution in [0.3, 0.4) is 0 Å². The first-order valence-electron chi connectivity index (χ1n) is 8.63. The molecule has 2 N–H and O–H groups in total. The number of carboxylic acids is 1. The van der Waals surface area contributed by atoms with Crippen molar-refractivity contribution < 1.29 is 28.2 Å². The molecule has 1 fully saturated rings. The van der Waals surface area contributed by atoms with E-state index in [2.05, 4.69) is 11.8 Å². The first-order valence-corrected chi connectivity index (χ1v) is 10.1. The lowest BCUT2D eigenvalue weighted by atomic mass is 9.98. The number of ether oxygens (including phenoxy) is 1. The Morgan fingerprint density at radius 3 is 2.44 bits per heavy atom. The van der Waals surface area contributed by atoms with Crippen molar-refractivity contribution in [1.82, 2.24) is 4.31 Å². The van der Waals surface area contributed by atoms with Crippen LogP contribution in [0.1, 0.15) is 27.2 Å². The molecular formula is C19H25NO6S. The Bertz CT molecular complexity index is 830. The SMILES string of the molecule is CC(C)(C)C#CCOc1ccc(S(=O)(=O)N2CC(O)CC(C(=O)O)C2)cc1. The third-order valence-corrected chi connectivity index (χ3v) is 5.83. The normalized spacial score (nSPS) is 21.2. The molecule has 1 heterocycles. The van der Waals surface area contributed by atoms with Crippen molar-refractivity contribution in [2.45, 2.75) is 38.2 Å². The first kappa shape index (κ1) is 21.2. The van der Waals surface area contributed by atoms with Crippen LogP contribution >= 0.6 is 0 Å². The maximum Gasteiger partial charge on any atom is 0.307 e. The maximum atomic E-state index is 12.7. The summed E-state index contributed by atoms with van der Waals surface area (Å²) >= 11 is 0. The van der Waals surface area contributed by atoms with E-state index in [1.165, 1.54) is 24.3 Å². The van der Waals surface area contributed by atoms with Crippen molar-refractivity contribution in [2.75, 3.05) is 19.7 Å². The molecular weight excluding hydrogens is 370 g/mol. The van der Waals surface area contributed by atoms with E-state index in [0.29, 0.717) is 5.75 Å². The van der Waals surface area contributed by atoms with Gasteiger partial charge in [-0.25, -0.2) is 8.42 Å². The van der Waals surface area contributed by atoms with Crippen molar-refractivity contribution in [3.8, 4) is 17.6 Å². The minimum atomic E-state index is -3.90. The summed E-state index contributed by atoms with van der Waals surface area (Å²) in [7, 11) is -3.90. The lowest BCUT2D eigenvalue weighted by molar-refractivity contribution is -0.144. The van der Waals surface area contributed by atoms with E-state index >= 15 is 0 Å². The molecule has 148 valence electrons. The van der Waals surface area contributed by atoms with Gasteiger partial charge in [-0.1, -0.05) is 11.8 Å². The van der Waals surface area contributed by atoms with Crippen LogP contribution in [0.15, 0.2) is 29.2 Å². The summed E-state index contributed by atoms with van der Waals surface area (Å²) in [4.78, 5) is 11.2. The number of hydrogen-bond donors (Lipinski definition) is 2. The summed E-state index contributed by atoms with van der Waals surface area (Å²) in [6, 6.07) is 5.86. The number of sulfonamides is 1. The van der Waals surface area contributed by atoms with E-state index in [-0.39, 0.29) is 36.4 Å². The maximum absolute atomic E-state index is 12.7. The minimum Gasteiger partial charge on any atom is -0.481 e. The molecule has 1 aliphatic heterocycles. The van der Waals surface area contributed by atoms with Gasteiger partial charge in [0.25, 0.3) is 0 Å². The fourth-order valence-electron chi connectivity index (χ4n) is 2.69. The van der Waals surface area contributed by atoms with E-state index in [1.807, 2.05) is 20.8 Å². The average Bonchev–Trinajstić information content (AvgIpc) is 2.57. The van der Waals surface area contributed by atoms with Crippen molar-refractivity contribution >= 4 is 16.0 Å². The molecule has 0 saturated carbocycles. The predicted octanol–water partition coefficient (Wildman–Crippen LogP) is 1.57. The third kappa shape index (κ3) is 5.96. The van der Waals surface area contributed by atoms with Crippen molar-refractivity contribution in [1.29, 1.82) is 0 Å². The monoisotopic (exact) mass is 395 g/mol. The number of carboxylic acid groups (broad SMARTS) is 1. The molecule has 2 atom stereocenters. The Hall–Kier alpha value is -2.08. The van der Waals surface area contributed by atoms with Gasteiger partial charge < -0.3 is 14.9 Å². The molecule has 1 aromatic rings. The topological polar surface area (TPSA) is 104 Å². The van der Waals surface area contributed by atoms with Crippen LogP contribution in [-0.2, 0) is 14.8 Å². The molecule has 0 bridgehead atoms. The van der Waals surface area contributed by atoms with Crippen LogP contribution in [0, 0.1) is 23.2 Å². The molecule has 7 nitrogen and oxygen atoms in total. The smallest absolute Gasteiger partial charge is 0.307 e. The largest absolute Gasteiger partial charge is 0.481 e. The number of aliphatic hydroxyl groups excluding tert-OH is 1. The Balaban J connectivity index is 2.08. The number of rotatable bonds is 5. The number of benzene rings is 1. The first-order chi connectivity index (χ1) is 12.5. The van der Waals surface area contributed by atoms with Gasteiger partial charge >= 0.3 is 5.97 Å². The molecule has 2 unspecified atom stereocenters. The fraction of sp³-hybridized carbons (Fsp3) is 0.526. The highest BCUT2D eigenvalue weighted by atomic mass is 32.2. The summed E-state index contributed by atoms with van der Waals surface area (Å²) < 4.78 is 32.0. The zero-order valence-electron chi connectivity index (χ0n) is 15.7. The standard InChI is InChI=1S/C19H25NO6S/c1-19(2,3)9-4-10-26-16-5-7-17(8-6-16)27(24,25)20-12-14(18(22)23)11-15(21)13-20/h5-8,14-15,21H,10-13H2,1-3H3,(H,22,23). The highest BCUT2D eigenvalue weighted by Crippen LogP contribution is 2.25. The zero-order chi connectivity index (χ0) is 20.2. The van der Waals surface area contributed by atoms with Gasteiger partial charge in [-0.2, -0.15) is 4.31 Å². The molecule has 1 saturated heterocycles. The second-order valence-corrected chi connectivity index (χ2v) is 9.50. The van der Waals surface area contributed by atoms with Crippen molar-refractivity contribution in [2.24, 2.45) is 11.3 Å². The number of aliphatic hydroxyl groups is 1. The van der Waals surface area contributed by atoms with Crippen LogP contribution < -0.4 is 4.74 Å². The van der Waals surface area contributed by atoms with Crippen LogP contribution in [-0.4, -0.2) is 54.7 Å². The van der Waals surface area contributed by atoms with Gasteiger partial charge in [-0.05, 0) is 51.5 Å². The molecule has 1 aromatic carbocycles. The molecule has 0 spiro atoms. The third-order valence-electron chi connectivity index (χ3n) is 3.98. The lowest BCUT2D eigenvalue weighted by Crippen LogP contribution is -2.48. The molecule has 0 aromatic heterocycles. The quantitative estimate of drug-likeness (QED) is 0.734. The van der Waals surface area contributed by atoms with Crippen LogP contribution in [0.5, 0.6) is 5.75 Å². The second kappa shape index (κ2) is 8.30. The molecule has 2 rings (SSSR count). The van der Waals surface area contributed by atoms with Crippen LogP contribution in [0.4, 0.5) is 0 Å². The molecule has 27 heavy (non-hydrogen) atoms. The van der Waals surface area contributed by atoms with E-state index in [1.54, 1.807) is 0 Å². The van der Waals surface area contributed by atoms with Gasteiger partial charge in [0.1, 0.15) is 12.4 Å². The van der Waals surface area contributed by atoms with Crippen LogP contribution in [0.2, 0.25) is 0 Å². The second-order valence-electron chi connectivity index (χ2n) is 7.56. The Labute approximate surface area is 160 Å². The fourth-order valence-corrected chi connectivity index (χ4v) is 4.21. The summed E-state index contributed by atoms with van der Waals surface area (Å²) in [5.41, 5.74) is -0.117. The van der Waals surface area contributed by atoms with Gasteiger partial charge in [-0.15, -0.1) is 0 Å². The zero-order valence-corrected chi connectivity index (χ0v) is 16.5. The highest BCUT2D eigenvalue weighted by molar-refractivity contribution is 7.89. The Kier molecular flexibility index (Phi) is 6.52. The molecule has 8 heteroatoms. The van der Waals surface area contributed by atoms with E-state index in [4.69, 9.17) is 9.84 Å². The van der Waals surface area contributed by atoms with Crippen molar-refractivity contribution in [3.05, 3.63) is 24.3 Å². The summed E-state index contributed by atoms with van der Waals surface area (Å²) in [5.74, 6) is 4.39. The van der Waals surface area contributed by atoms with Gasteiger partial charge in [0.2, 0.25) is 10.0 Å². The van der Waals surface area contributed by atoms with E-state index < -0.39 is 28.0 Å². The van der Waals surface area contributed by atoms with Gasteiger partial charge in [0, 0.05) is 18.5 Å². The summed E-state index contributed by atoms with van der Waals surface area (Å²) in [6.07, 6.45) is -0.956. The van der Waals surface area contributed by atoms with Gasteiger partial charge in [0.15, 0.2) is 0 Å². The van der Waals surface area contributed by atoms with Gasteiger partial charge in [-0.3, -0.25) is 4.79 Å². The van der Waals surface area contributed by atoms with E-state index in [0.717, 1.165) is 4.31 Å². The summed E-state index contributed by atoms with van der Waals surface area (Å²) in [6.45, 7) is 5.90. The highest BCUT2D eigenvalue weighted by Gasteiger charge is 2.37. The molecule has 0 amide bonds. The summed E-state index contributed by atoms with van der Waals surface area (Å²) in [5, 5.41) is 19.0.